The summed E-state index contributed by atoms with van der Waals surface area (Å²) in [5, 5.41) is 0. The Morgan fingerprint density at radius 2 is 1.46 bits per heavy atom. The predicted octanol–water partition coefficient (Wildman–Crippen LogP) is 2.81. The number of rotatable bonds is 2. The molecule has 4 saturated carbocycles. The highest BCUT2D eigenvalue weighted by Crippen LogP contribution is 2.56. The lowest BCUT2D eigenvalue weighted by atomic mass is 9.54. The summed E-state index contributed by atoms with van der Waals surface area (Å²) in [6.07, 6.45) is 8.52. The first-order chi connectivity index (χ1) is 6.30. The van der Waals surface area contributed by atoms with Gasteiger partial charge in [0.2, 0.25) is 0 Å². The molecule has 0 aromatic rings. The maximum atomic E-state index is 5.93. The second kappa shape index (κ2) is 2.73. The van der Waals surface area contributed by atoms with Gasteiger partial charge in [0.1, 0.15) is 0 Å². The number of ether oxygens (including phenoxy) is 1. The van der Waals surface area contributed by atoms with Gasteiger partial charge < -0.3 is 4.74 Å². The molecule has 4 aliphatic carbocycles. The van der Waals surface area contributed by atoms with Crippen molar-refractivity contribution in [2.45, 2.75) is 44.1 Å². The molecule has 0 atom stereocenters. The molecular formula is C12H19O. The predicted molar refractivity (Wildman–Crippen MR) is 52.2 cm³/mol. The van der Waals surface area contributed by atoms with E-state index in [1.54, 1.807) is 0 Å². The van der Waals surface area contributed by atoms with E-state index in [0.717, 1.165) is 17.8 Å². The first kappa shape index (κ1) is 8.28. The van der Waals surface area contributed by atoms with Gasteiger partial charge in [-0.1, -0.05) is 0 Å². The fourth-order valence-electron chi connectivity index (χ4n) is 4.42. The molecule has 4 aliphatic rings. The van der Waals surface area contributed by atoms with Crippen LogP contribution in [0.3, 0.4) is 0 Å². The van der Waals surface area contributed by atoms with Crippen LogP contribution in [0.5, 0.6) is 0 Å². The maximum Gasteiger partial charge on any atom is 0.0690 e. The van der Waals surface area contributed by atoms with Crippen LogP contribution in [0.4, 0.5) is 0 Å². The average Bonchev–Trinajstić information content (AvgIpc) is 2.00. The van der Waals surface area contributed by atoms with Crippen LogP contribution in [0.15, 0.2) is 0 Å². The van der Waals surface area contributed by atoms with Crippen LogP contribution in [-0.2, 0) is 4.74 Å². The van der Waals surface area contributed by atoms with Crippen molar-refractivity contribution in [2.75, 3.05) is 6.61 Å². The minimum Gasteiger partial charge on any atom is -0.375 e. The third-order valence-electron chi connectivity index (χ3n) is 4.39. The average molecular weight is 179 g/mol. The molecule has 4 fully saturated rings. The summed E-state index contributed by atoms with van der Waals surface area (Å²) in [4.78, 5) is 0. The second-order valence-electron chi connectivity index (χ2n) is 5.45. The van der Waals surface area contributed by atoms with E-state index in [1.165, 1.54) is 38.5 Å². The summed E-state index contributed by atoms with van der Waals surface area (Å²) in [5.41, 5.74) is 0.288. The van der Waals surface area contributed by atoms with Crippen LogP contribution < -0.4 is 0 Å². The van der Waals surface area contributed by atoms with E-state index >= 15 is 0 Å². The van der Waals surface area contributed by atoms with Gasteiger partial charge >= 0.3 is 0 Å². The molecule has 0 amide bonds. The van der Waals surface area contributed by atoms with E-state index in [0.29, 0.717) is 6.61 Å². The lowest BCUT2D eigenvalue weighted by Gasteiger charge is -2.56. The SMILES string of the molecule is [CH2]COC12CC3CC(CC(C3)C1)C2. The second-order valence-corrected chi connectivity index (χ2v) is 5.45. The van der Waals surface area contributed by atoms with Gasteiger partial charge in [-0.25, -0.2) is 0 Å². The molecule has 1 radical (unpaired) electrons. The summed E-state index contributed by atoms with van der Waals surface area (Å²) in [5.74, 6) is 2.99. The first-order valence-corrected chi connectivity index (χ1v) is 5.73. The quantitative estimate of drug-likeness (QED) is 0.633. The summed E-state index contributed by atoms with van der Waals surface area (Å²) in [7, 11) is 0. The molecule has 0 N–H and O–H groups in total. The lowest BCUT2D eigenvalue weighted by molar-refractivity contribution is -0.155. The van der Waals surface area contributed by atoms with E-state index < -0.39 is 0 Å². The molecule has 1 heteroatoms. The zero-order valence-corrected chi connectivity index (χ0v) is 8.30. The molecule has 0 heterocycles. The largest absolute Gasteiger partial charge is 0.375 e. The van der Waals surface area contributed by atoms with Crippen LogP contribution >= 0.6 is 0 Å². The first-order valence-electron chi connectivity index (χ1n) is 5.73. The van der Waals surface area contributed by atoms with E-state index in [4.69, 9.17) is 4.74 Å². The topological polar surface area (TPSA) is 9.23 Å². The van der Waals surface area contributed by atoms with Gasteiger partial charge in [0.05, 0.1) is 5.60 Å². The van der Waals surface area contributed by atoms with E-state index in [-0.39, 0.29) is 5.60 Å². The summed E-state index contributed by atoms with van der Waals surface area (Å²) in [6.45, 7) is 4.51. The summed E-state index contributed by atoms with van der Waals surface area (Å²) in [6, 6.07) is 0. The maximum absolute atomic E-state index is 5.93. The van der Waals surface area contributed by atoms with Crippen molar-refractivity contribution in [3.63, 3.8) is 0 Å². The van der Waals surface area contributed by atoms with Crippen molar-refractivity contribution in [1.82, 2.24) is 0 Å². The minimum atomic E-state index is 0.288. The molecule has 73 valence electrons. The Morgan fingerprint density at radius 1 is 1.00 bits per heavy atom. The molecule has 0 saturated heterocycles. The van der Waals surface area contributed by atoms with Crippen molar-refractivity contribution < 1.29 is 4.74 Å². The van der Waals surface area contributed by atoms with Crippen molar-refractivity contribution in [3.8, 4) is 0 Å². The smallest absolute Gasteiger partial charge is 0.0690 e. The Morgan fingerprint density at radius 3 is 1.85 bits per heavy atom. The van der Waals surface area contributed by atoms with E-state index in [9.17, 15) is 0 Å². The fourth-order valence-corrected chi connectivity index (χ4v) is 4.42. The van der Waals surface area contributed by atoms with Crippen molar-refractivity contribution >= 4 is 0 Å². The molecule has 0 unspecified atom stereocenters. The van der Waals surface area contributed by atoms with Crippen molar-refractivity contribution in [1.29, 1.82) is 0 Å². The third-order valence-corrected chi connectivity index (χ3v) is 4.39. The highest BCUT2D eigenvalue weighted by atomic mass is 16.5. The van der Waals surface area contributed by atoms with Crippen molar-refractivity contribution in [3.05, 3.63) is 6.92 Å². The molecule has 4 rings (SSSR count). The molecule has 0 aromatic carbocycles. The Labute approximate surface area is 80.8 Å². The fraction of sp³-hybridized carbons (Fsp3) is 0.917. The standard InChI is InChI=1S/C12H19O/c1-2-13-12-6-9-3-10(7-12)5-11(4-9)8-12/h9-11H,1-8H2. The van der Waals surface area contributed by atoms with Gasteiger partial charge in [-0.05, 0) is 63.2 Å². The number of hydrogen-bond donors (Lipinski definition) is 0. The summed E-state index contributed by atoms with van der Waals surface area (Å²) < 4.78 is 5.93. The van der Waals surface area contributed by atoms with Gasteiger partial charge in [-0.15, -0.1) is 0 Å². The number of hydrogen-bond acceptors (Lipinski definition) is 1. The Balaban J connectivity index is 1.83. The zero-order chi connectivity index (χ0) is 8.89. The van der Waals surface area contributed by atoms with Crippen LogP contribution in [-0.4, -0.2) is 12.2 Å². The van der Waals surface area contributed by atoms with Gasteiger partial charge in [0.25, 0.3) is 0 Å². The van der Waals surface area contributed by atoms with Crippen LogP contribution in [0, 0.1) is 24.7 Å². The molecule has 1 nitrogen and oxygen atoms in total. The molecular weight excluding hydrogens is 160 g/mol. The molecule has 4 bridgehead atoms. The third kappa shape index (κ3) is 1.24. The van der Waals surface area contributed by atoms with Gasteiger partial charge in [0.15, 0.2) is 0 Å². The molecule has 13 heavy (non-hydrogen) atoms. The van der Waals surface area contributed by atoms with Crippen LogP contribution in [0.2, 0.25) is 0 Å². The Kier molecular flexibility index (Phi) is 1.74. The van der Waals surface area contributed by atoms with Crippen LogP contribution in [0.1, 0.15) is 38.5 Å². The Bertz CT molecular complexity index is 174. The van der Waals surface area contributed by atoms with E-state index in [2.05, 4.69) is 6.92 Å². The van der Waals surface area contributed by atoms with Crippen molar-refractivity contribution in [2.24, 2.45) is 17.8 Å². The highest BCUT2D eigenvalue weighted by molar-refractivity contribution is 5.03. The van der Waals surface area contributed by atoms with E-state index in [1.807, 2.05) is 0 Å². The molecule has 0 spiro atoms. The highest BCUT2D eigenvalue weighted by Gasteiger charge is 2.51. The van der Waals surface area contributed by atoms with Gasteiger partial charge in [-0.2, -0.15) is 0 Å². The normalized spacial score (nSPS) is 52.8. The van der Waals surface area contributed by atoms with Crippen LogP contribution in [0.25, 0.3) is 0 Å². The minimum absolute atomic E-state index is 0.288. The van der Waals surface area contributed by atoms with Gasteiger partial charge in [-0.3, -0.25) is 0 Å². The lowest BCUT2D eigenvalue weighted by Crippen LogP contribution is -2.51. The zero-order valence-electron chi connectivity index (χ0n) is 8.30. The Hall–Kier alpha value is -0.0400. The molecule has 0 aromatic heterocycles. The van der Waals surface area contributed by atoms with Gasteiger partial charge in [0, 0.05) is 6.61 Å². The molecule has 0 aliphatic heterocycles. The monoisotopic (exact) mass is 179 g/mol. The summed E-state index contributed by atoms with van der Waals surface area (Å²) >= 11 is 0.